The first-order valence-corrected chi connectivity index (χ1v) is 5.59. The number of nitrogens with zero attached hydrogens (tertiary/aromatic N) is 1. The molecule has 1 N–H and O–H groups in total. The second-order valence-corrected chi connectivity index (χ2v) is 4.92. The Kier molecular flexibility index (Phi) is 3.97. The molecule has 0 spiro atoms. The maximum atomic E-state index is 11.6. The number of carbonyl (C=O) groups excluding carboxylic acids is 2. The van der Waals surface area contributed by atoms with Gasteiger partial charge in [-0.1, -0.05) is 13.8 Å². The number of imide groups is 1. The topological polar surface area (TPSA) is 49.4 Å². The largest absolute Gasteiger partial charge is 0.324 e. The minimum Gasteiger partial charge on any atom is -0.324 e. The Morgan fingerprint density at radius 2 is 1.80 bits per heavy atom. The maximum absolute atomic E-state index is 11.6. The molecule has 1 heterocycles. The number of alkyl halides is 1. The van der Waals surface area contributed by atoms with Gasteiger partial charge in [-0.15, -0.1) is 11.6 Å². The van der Waals surface area contributed by atoms with Crippen molar-refractivity contribution < 1.29 is 9.59 Å². The van der Waals surface area contributed by atoms with Crippen LogP contribution < -0.4 is 5.32 Å². The van der Waals surface area contributed by atoms with Gasteiger partial charge in [-0.25, -0.2) is 4.79 Å². The summed E-state index contributed by atoms with van der Waals surface area (Å²) in [4.78, 5) is 24.4. The highest BCUT2D eigenvalue weighted by Gasteiger charge is 2.30. The Bertz CT molecular complexity index is 258. The summed E-state index contributed by atoms with van der Waals surface area (Å²) in [6, 6.07) is -0.330. The van der Waals surface area contributed by atoms with Crippen LogP contribution in [0.15, 0.2) is 0 Å². The van der Waals surface area contributed by atoms with Gasteiger partial charge in [0.2, 0.25) is 5.91 Å². The molecule has 1 aliphatic heterocycles. The molecule has 86 valence electrons. The van der Waals surface area contributed by atoms with Crippen molar-refractivity contribution in [3.63, 3.8) is 0 Å². The standard InChI is InChI=1S/C10H17ClN2O2/c1-6-4-13(5-7(6)2)10(15)12-9(14)8(3)11/h6-8H,4-5H2,1-3H3,(H,12,14,15). The molecule has 0 bridgehead atoms. The fraction of sp³-hybridized carbons (Fsp3) is 0.800. The van der Waals surface area contributed by atoms with Crippen LogP contribution in [0.1, 0.15) is 20.8 Å². The van der Waals surface area contributed by atoms with Crippen molar-refractivity contribution in [3.8, 4) is 0 Å². The summed E-state index contributed by atoms with van der Waals surface area (Å²) >= 11 is 5.55. The van der Waals surface area contributed by atoms with E-state index in [1.54, 1.807) is 11.8 Å². The van der Waals surface area contributed by atoms with Crippen LogP contribution in [0.3, 0.4) is 0 Å². The molecule has 0 saturated carbocycles. The molecule has 3 unspecified atom stereocenters. The second-order valence-electron chi connectivity index (χ2n) is 4.27. The highest BCUT2D eigenvalue weighted by molar-refractivity contribution is 6.31. The Labute approximate surface area is 95.0 Å². The molecule has 0 aromatic carbocycles. The van der Waals surface area contributed by atoms with Crippen LogP contribution in [0.4, 0.5) is 4.79 Å². The molecular formula is C10H17ClN2O2. The molecule has 3 atom stereocenters. The zero-order chi connectivity index (χ0) is 11.6. The van der Waals surface area contributed by atoms with E-state index in [9.17, 15) is 9.59 Å². The zero-order valence-corrected chi connectivity index (χ0v) is 10.0. The minimum atomic E-state index is -0.675. The fourth-order valence-corrected chi connectivity index (χ4v) is 1.63. The monoisotopic (exact) mass is 232 g/mol. The van der Waals surface area contributed by atoms with Gasteiger partial charge in [-0.2, -0.15) is 0 Å². The smallest absolute Gasteiger partial charge is 0.324 e. The molecule has 1 aliphatic rings. The summed E-state index contributed by atoms with van der Waals surface area (Å²) in [5.41, 5.74) is 0. The third kappa shape index (κ3) is 3.09. The Morgan fingerprint density at radius 1 is 1.33 bits per heavy atom. The number of hydrogen-bond donors (Lipinski definition) is 1. The second kappa shape index (κ2) is 4.84. The van der Waals surface area contributed by atoms with Crippen LogP contribution >= 0.6 is 11.6 Å². The predicted octanol–water partition coefficient (Wildman–Crippen LogP) is 1.44. The summed E-state index contributed by atoms with van der Waals surface area (Å²) in [7, 11) is 0. The third-order valence-corrected chi connectivity index (χ3v) is 3.06. The number of nitrogens with one attached hydrogen (secondary N) is 1. The molecule has 0 aliphatic carbocycles. The molecule has 4 nitrogen and oxygen atoms in total. The van der Waals surface area contributed by atoms with Crippen molar-refractivity contribution in [2.75, 3.05) is 13.1 Å². The van der Waals surface area contributed by atoms with E-state index in [0.29, 0.717) is 24.9 Å². The molecule has 3 amide bonds. The van der Waals surface area contributed by atoms with E-state index in [1.807, 2.05) is 0 Å². The van der Waals surface area contributed by atoms with E-state index >= 15 is 0 Å². The van der Waals surface area contributed by atoms with Crippen molar-refractivity contribution in [1.29, 1.82) is 0 Å². The third-order valence-electron chi connectivity index (χ3n) is 2.87. The molecular weight excluding hydrogens is 216 g/mol. The molecule has 5 heteroatoms. The maximum Gasteiger partial charge on any atom is 0.324 e. The lowest BCUT2D eigenvalue weighted by Crippen LogP contribution is -2.44. The lowest BCUT2D eigenvalue weighted by molar-refractivity contribution is -0.119. The van der Waals surface area contributed by atoms with Crippen LogP contribution in [0.5, 0.6) is 0 Å². The molecule has 0 radical (unpaired) electrons. The molecule has 1 rings (SSSR count). The van der Waals surface area contributed by atoms with Crippen LogP contribution in [0, 0.1) is 11.8 Å². The van der Waals surface area contributed by atoms with Crippen LogP contribution in [0.25, 0.3) is 0 Å². The first-order valence-electron chi connectivity index (χ1n) is 5.15. The predicted molar refractivity (Wildman–Crippen MR) is 58.8 cm³/mol. The minimum absolute atomic E-state index is 0.330. The van der Waals surface area contributed by atoms with E-state index in [4.69, 9.17) is 11.6 Å². The number of amides is 3. The van der Waals surface area contributed by atoms with Gasteiger partial charge in [0.15, 0.2) is 0 Å². The quantitative estimate of drug-likeness (QED) is 0.696. The van der Waals surface area contributed by atoms with E-state index in [0.717, 1.165) is 0 Å². The summed E-state index contributed by atoms with van der Waals surface area (Å²) in [5.74, 6) is 0.535. The molecule has 1 fully saturated rings. The lowest BCUT2D eigenvalue weighted by Gasteiger charge is -2.16. The van der Waals surface area contributed by atoms with Crippen LogP contribution in [-0.4, -0.2) is 35.3 Å². The molecule has 0 aromatic rings. The van der Waals surface area contributed by atoms with Gasteiger partial charge >= 0.3 is 6.03 Å². The van der Waals surface area contributed by atoms with Gasteiger partial charge in [-0.3, -0.25) is 10.1 Å². The van der Waals surface area contributed by atoms with Crippen molar-refractivity contribution >= 4 is 23.5 Å². The van der Waals surface area contributed by atoms with Gasteiger partial charge < -0.3 is 4.90 Å². The Morgan fingerprint density at radius 3 is 2.20 bits per heavy atom. The average molecular weight is 233 g/mol. The Hall–Kier alpha value is -0.770. The van der Waals surface area contributed by atoms with Gasteiger partial charge in [-0.05, 0) is 18.8 Å². The Balaban J connectivity index is 2.46. The average Bonchev–Trinajstić information content (AvgIpc) is 2.46. The van der Waals surface area contributed by atoms with Crippen molar-refractivity contribution in [3.05, 3.63) is 0 Å². The summed E-state index contributed by atoms with van der Waals surface area (Å²) in [5, 5.41) is 1.60. The number of likely N-dealkylation sites (tertiary alicyclic amines) is 1. The summed E-state index contributed by atoms with van der Waals surface area (Å²) in [6.07, 6.45) is 0. The normalized spacial score (nSPS) is 27.6. The van der Waals surface area contributed by atoms with E-state index in [2.05, 4.69) is 19.2 Å². The van der Waals surface area contributed by atoms with Crippen molar-refractivity contribution in [2.24, 2.45) is 11.8 Å². The molecule has 1 saturated heterocycles. The first-order chi connectivity index (χ1) is 6.91. The molecule has 0 aromatic heterocycles. The van der Waals surface area contributed by atoms with Gasteiger partial charge in [0.1, 0.15) is 5.38 Å². The number of urea groups is 1. The van der Waals surface area contributed by atoms with Crippen LogP contribution in [-0.2, 0) is 4.79 Å². The van der Waals surface area contributed by atoms with E-state index in [-0.39, 0.29) is 6.03 Å². The van der Waals surface area contributed by atoms with Gasteiger partial charge in [0.25, 0.3) is 0 Å². The summed E-state index contributed by atoms with van der Waals surface area (Å²) in [6.45, 7) is 7.15. The lowest BCUT2D eigenvalue weighted by atomic mass is 10.0. The highest BCUT2D eigenvalue weighted by Crippen LogP contribution is 2.21. The van der Waals surface area contributed by atoms with Gasteiger partial charge in [0.05, 0.1) is 0 Å². The first kappa shape index (κ1) is 12.3. The SMILES string of the molecule is CC(Cl)C(=O)NC(=O)N1CC(C)C(C)C1. The zero-order valence-electron chi connectivity index (χ0n) is 9.29. The van der Waals surface area contributed by atoms with E-state index in [1.165, 1.54) is 0 Å². The number of carbonyl (C=O) groups is 2. The highest BCUT2D eigenvalue weighted by atomic mass is 35.5. The van der Waals surface area contributed by atoms with Crippen LogP contribution in [0.2, 0.25) is 0 Å². The fourth-order valence-electron chi connectivity index (χ4n) is 1.58. The van der Waals surface area contributed by atoms with E-state index < -0.39 is 11.3 Å². The van der Waals surface area contributed by atoms with Gasteiger partial charge in [0, 0.05) is 13.1 Å². The summed E-state index contributed by atoms with van der Waals surface area (Å²) < 4.78 is 0. The number of hydrogen-bond acceptors (Lipinski definition) is 2. The number of rotatable bonds is 1. The van der Waals surface area contributed by atoms with Crippen molar-refractivity contribution in [2.45, 2.75) is 26.1 Å². The number of halogens is 1. The molecule has 15 heavy (non-hydrogen) atoms. The van der Waals surface area contributed by atoms with Crippen molar-refractivity contribution in [1.82, 2.24) is 10.2 Å².